The van der Waals surface area contributed by atoms with Crippen LogP contribution < -0.4 is 5.56 Å². The second-order valence-corrected chi connectivity index (χ2v) is 8.53. The minimum Gasteiger partial charge on any atom is -0.306 e. The molecule has 0 unspecified atom stereocenters. The molecule has 7 nitrogen and oxygen atoms in total. The van der Waals surface area contributed by atoms with Crippen LogP contribution in [-0.4, -0.2) is 49.0 Å². The molecule has 0 atom stereocenters. The lowest BCUT2D eigenvalue weighted by molar-refractivity contribution is 0.255. The Hall–Kier alpha value is -3.06. The highest BCUT2D eigenvalue weighted by atomic mass is 16.1. The molecule has 0 radical (unpaired) electrons. The smallest absolute Gasteiger partial charge is 0.258 e. The van der Waals surface area contributed by atoms with Gasteiger partial charge in [-0.05, 0) is 76.9 Å². The van der Waals surface area contributed by atoms with Gasteiger partial charge in [-0.2, -0.15) is 5.10 Å². The molecule has 1 aliphatic heterocycles. The second-order valence-electron chi connectivity index (χ2n) is 8.53. The second kappa shape index (κ2) is 7.02. The van der Waals surface area contributed by atoms with E-state index in [2.05, 4.69) is 28.1 Å². The maximum Gasteiger partial charge on any atom is 0.258 e. The van der Waals surface area contributed by atoms with E-state index < -0.39 is 0 Å². The number of hydrogen-bond acceptors (Lipinski definition) is 5. The summed E-state index contributed by atoms with van der Waals surface area (Å²) in [4.78, 5) is 24.7. The summed E-state index contributed by atoms with van der Waals surface area (Å²) in [5.41, 5.74) is 6.88. The minimum absolute atomic E-state index is 0.0732. The highest BCUT2D eigenvalue weighted by Crippen LogP contribution is 2.29. The summed E-state index contributed by atoms with van der Waals surface area (Å²) in [5.74, 6) is 0.494. The highest BCUT2D eigenvalue weighted by molar-refractivity contribution is 5.66. The standard InChI is InChI=1S/C23H26N6O/c1-14-9-18(17-5-7-27(4)8-6-17)13-28-22(30)11-19(25-23(14)28)20-10-21-16(3)24-15(2)12-29(21)26-20/h9-13,17H,5-8H2,1-4H3. The Kier molecular flexibility index (Phi) is 4.43. The van der Waals surface area contributed by atoms with E-state index in [9.17, 15) is 4.79 Å². The van der Waals surface area contributed by atoms with Crippen molar-refractivity contribution in [1.29, 1.82) is 0 Å². The van der Waals surface area contributed by atoms with Crippen molar-refractivity contribution >= 4 is 11.2 Å². The van der Waals surface area contributed by atoms with Gasteiger partial charge in [0.25, 0.3) is 5.56 Å². The molecule has 5 rings (SSSR count). The van der Waals surface area contributed by atoms with E-state index in [0.717, 1.165) is 48.4 Å². The zero-order valence-electron chi connectivity index (χ0n) is 17.9. The van der Waals surface area contributed by atoms with Crippen LogP contribution in [0, 0.1) is 20.8 Å². The largest absolute Gasteiger partial charge is 0.306 e. The molecule has 1 saturated heterocycles. The lowest BCUT2D eigenvalue weighted by atomic mass is 9.90. The van der Waals surface area contributed by atoms with E-state index in [-0.39, 0.29) is 5.56 Å². The predicted molar refractivity (Wildman–Crippen MR) is 117 cm³/mol. The summed E-state index contributed by atoms with van der Waals surface area (Å²) >= 11 is 0. The number of likely N-dealkylation sites (tertiary alicyclic amines) is 1. The van der Waals surface area contributed by atoms with Crippen molar-refractivity contribution < 1.29 is 0 Å². The van der Waals surface area contributed by atoms with Crippen molar-refractivity contribution in [2.24, 2.45) is 0 Å². The summed E-state index contributed by atoms with van der Waals surface area (Å²) in [6.07, 6.45) is 6.11. The van der Waals surface area contributed by atoms with Crippen LogP contribution in [0.2, 0.25) is 0 Å². The van der Waals surface area contributed by atoms with Crippen LogP contribution >= 0.6 is 0 Å². The number of aryl methyl sites for hydroxylation is 3. The molecule has 0 bridgehead atoms. The molecule has 30 heavy (non-hydrogen) atoms. The molecule has 0 aliphatic carbocycles. The molecule has 0 amide bonds. The van der Waals surface area contributed by atoms with E-state index in [1.165, 1.54) is 5.56 Å². The fraction of sp³-hybridized carbons (Fsp3) is 0.391. The Morgan fingerprint density at radius 3 is 2.50 bits per heavy atom. The van der Waals surface area contributed by atoms with E-state index in [4.69, 9.17) is 4.98 Å². The topological polar surface area (TPSA) is 67.8 Å². The van der Waals surface area contributed by atoms with Gasteiger partial charge in [0.05, 0.1) is 28.8 Å². The van der Waals surface area contributed by atoms with Crippen LogP contribution in [-0.2, 0) is 0 Å². The van der Waals surface area contributed by atoms with E-state index in [0.29, 0.717) is 23.0 Å². The third-order valence-corrected chi connectivity index (χ3v) is 6.18. The predicted octanol–water partition coefficient (Wildman–Crippen LogP) is 3.14. The van der Waals surface area contributed by atoms with Gasteiger partial charge in [-0.3, -0.25) is 14.2 Å². The highest BCUT2D eigenvalue weighted by Gasteiger charge is 2.20. The summed E-state index contributed by atoms with van der Waals surface area (Å²) in [6.45, 7) is 8.13. The SMILES string of the molecule is Cc1cn2nc(-c3cc(=O)n4cc(C5CCN(C)CC5)cc(C)c4n3)cc2c(C)n1. The lowest BCUT2D eigenvalue weighted by Gasteiger charge is -2.29. The van der Waals surface area contributed by atoms with Gasteiger partial charge in [0, 0.05) is 12.3 Å². The molecule has 4 aromatic rings. The molecule has 0 saturated carbocycles. The van der Waals surface area contributed by atoms with Crippen LogP contribution in [0.25, 0.3) is 22.6 Å². The molecule has 4 aromatic heterocycles. The van der Waals surface area contributed by atoms with Crippen LogP contribution in [0.4, 0.5) is 0 Å². The van der Waals surface area contributed by atoms with Gasteiger partial charge < -0.3 is 4.90 Å². The maximum atomic E-state index is 13.0. The average Bonchev–Trinajstić information content (AvgIpc) is 3.13. The summed E-state index contributed by atoms with van der Waals surface area (Å²) in [7, 11) is 2.16. The molecule has 0 aromatic carbocycles. The molecule has 7 heteroatoms. The Morgan fingerprint density at radius 1 is 0.967 bits per heavy atom. The fourth-order valence-electron chi connectivity index (χ4n) is 4.51. The monoisotopic (exact) mass is 402 g/mol. The van der Waals surface area contributed by atoms with Gasteiger partial charge >= 0.3 is 0 Å². The van der Waals surface area contributed by atoms with Crippen molar-refractivity contribution in [2.45, 2.75) is 39.5 Å². The molecule has 1 fully saturated rings. The summed E-state index contributed by atoms with van der Waals surface area (Å²) < 4.78 is 3.51. The normalized spacial score (nSPS) is 16.0. The van der Waals surface area contributed by atoms with Crippen molar-refractivity contribution in [3.05, 3.63) is 63.5 Å². The number of rotatable bonds is 2. The third kappa shape index (κ3) is 3.19. The van der Waals surface area contributed by atoms with E-state index >= 15 is 0 Å². The Morgan fingerprint density at radius 2 is 1.73 bits per heavy atom. The lowest BCUT2D eigenvalue weighted by Crippen LogP contribution is -2.29. The van der Waals surface area contributed by atoms with Crippen LogP contribution in [0.1, 0.15) is 41.3 Å². The van der Waals surface area contributed by atoms with Gasteiger partial charge in [0.1, 0.15) is 11.3 Å². The first kappa shape index (κ1) is 18.9. The van der Waals surface area contributed by atoms with E-state index in [1.807, 2.05) is 43.7 Å². The number of hydrogen-bond donors (Lipinski definition) is 0. The van der Waals surface area contributed by atoms with Crippen LogP contribution in [0.15, 0.2) is 35.4 Å². The summed E-state index contributed by atoms with van der Waals surface area (Å²) in [6, 6.07) is 5.73. The molecule has 1 aliphatic rings. The average molecular weight is 403 g/mol. The number of nitrogens with zero attached hydrogens (tertiary/aromatic N) is 6. The quantitative estimate of drug-likeness (QED) is 0.515. The Labute approximate surface area is 175 Å². The fourth-order valence-corrected chi connectivity index (χ4v) is 4.51. The first-order valence-electron chi connectivity index (χ1n) is 10.5. The zero-order valence-corrected chi connectivity index (χ0v) is 17.9. The number of aromatic nitrogens is 5. The number of pyridine rings is 1. The van der Waals surface area contributed by atoms with Gasteiger partial charge in [-0.1, -0.05) is 6.07 Å². The van der Waals surface area contributed by atoms with Crippen molar-refractivity contribution in [2.75, 3.05) is 20.1 Å². The van der Waals surface area contributed by atoms with Crippen molar-refractivity contribution in [1.82, 2.24) is 28.9 Å². The first-order valence-corrected chi connectivity index (χ1v) is 10.5. The van der Waals surface area contributed by atoms with Crippen molar-refractivity contribution in [3.8, 4) is 11.4 Å². The molecule has 5 heterocycles. The third-order valence-electron chi connectivity index (χ3n) is 6.18. The van der Waals surface area contributed by atoms with Crippen molar-refractivity contribution in [3.63, 3.8) is 0 Å². The maximum absolute atomic E-state index is 13.0. The molecular formula is C23H26N6O. The van der Waals surface area contributed by atoms with E-state index in [1.54, 1.807) is 10.5 Å². The van der Waals surface area contributed by atoms with Gasteiger partial charge in [-0.25, -0.2) is 9.50 Å². The minimum atomic E-state index is -0.0732. The first-order chi connectivity index (χ1) is 14.4. The Bertz CT molecular complexity index is 1330. The number of piperidine rings is 1. The molecule has 0 spiro atoms. The molecule has 0 N–H and O–H groups in total. The van der Waals surface area contributed by atoms with Gasteiger partial charge in [0.2, 0.25) is 0 Å². The van der Waals surface area contributed by atoms with Crippen LogP contribution in [0.5, 0.6) is 0 Å². The zero-order chi connectivity index (χ0) is 21.0. The Balaban J connectivity index is 1.60. The molecular weight excluding hydrogens is 376 g/mol. The number of fused-ring (bicyclic) bond motifs is 2. The molecule has 154 valence electrons. The van der Waals surface area contributed by atoms with Crippen LogP contribution in [0.3, 0.4) is 0 Å². The summed E-state index contributed by atoms with van der Waals surface area (Å²) in [5, 5.41) is 4.64. The van der Waals surface area contributed by atoms with Gasteiger partial charge in [-0.15, -0.1) is 0 Å². The van der Waals surface area contributed by atoms with Gasteiger partial charge in [0.15, 0.2) is 0 Å².